The van der Waals surface area contributed by atoms with Gasteiger partial charge < -0.3 is 24.8 Å². The lowest BCUT2D eigenvalue weighted by atomic mass is 10.1. The van der Waals surface area contributed by atoms with Crippen LogP contribution < -0.4 is 10.2 Å². The summed E-state index contributed by atoms with van der Waals surface area (Å²) in [7, 11) is 0. The van der Waals surface area contributed by atoms with Gasteiger partial charge in [-0.25, -0.2) is 9.59 Å². The molecule has 148 valence electrons. The number of piperazine rings is 1. The largest absolute Gasteiger partial charge is 0.450 e. The van der Waals surface area contributed by atoms with Crippen LogP contribution in [0.5, 0.6) is 0 Å². The molecule has 0 aliphatic carbocycles. The Hall–Kier alpha value is -2.15. The van der Waals surface area contributed by atoms with E-state index in [0.717, 1.165) is 18.8 Å². The van der Waals surface area contributed by atoms with Crippen molar-refractivity contribution in [2.24, 2.45) is 0 Å². The minimum absolute atomic E-state index is 0.180. The van der Waals surface area contributed by atoms with Gasteiger partial charge in [0.15, 0.2) is 0 Å². The molecule has 7 nitrogen and oxygen atoms in total. The van der Waals surface area contributed by atoms with Crippen molar-refractivity contribution in [1.82, 2.24) is 9.80 Å². The SMILES string of the molecule is CCOC(=O)N1CCN(C(=O)Nc2ccc(N3CCCCC3)c(Cl)c2)CC1. The zero-order valence-corrected chi connectivity index (χ0v) is 16.5. The Balaban J connectivity index is 1.54. The van der Waals surface area contributed by atoms with Crippen molar-refractivity contribution in [2.75, 3.05) is 56.1 Å². The first-order valence-electron chi connectivity index (χ1n) is 9.60. The number of amides is 3. The molecule has 0 atom stereocenters. The second-order valence-corrected chi connectivity index (χ2v) is 7.22. The summed E-state index contributed by atoms with van der Waals surface area (Å²) in [6, 6.07) is 5.49. The highest BCUT2D eigenvalue weighted by Crippen LogP contribution is 2.31. The molecule has 1 aromatic carbocycles. The summed E-state index contributed by atoms with van der Waals surface area (Å²) in [5.41, 5.74) is 1.70. The van der Waals surface area contributed by atoms with Crippen molar-refractivity contribution in [3.63, 3.8) is 0 Å². The highest BCUT2D eigenvalue weighted by atomic mass is 35.5. The van der Waals surface area contributed by atoms with Gasteiger partial charge >= 0.3 is 12.1 Å². The van der Waals surface area contributed by atoms with E-state index in [1.54, 1.807) is 22.8 Å². The smallest absolute Gasteiger partial charge is 0.409 e. The van der Waals surface area contributed by atoms with Crippen LogP contribution >= 0.6 is 11.6 Å². The molecule has 0 spiro atoms. The molecule has 3 amide bonds. The summed E-state index contributed by atoms with van der Waals surface area (Å²) in [4.78, 5) is 29.8. The molecule has 0 bridgehead atoms. The highest BCUT2D eigenvalue weighted by molar-refractivity contribution is 6.33. The standard InChI is InChI=1S/C19H27ClN4O3/c1-2-27-19(26)24-12-10-23(11-13-24)18(25)21-15-6-7-17(16(20)14-15)22-8-4-3-5-9-22/h6-7,14H,2-5,8-13H2,1H3,(H,21,25). The number of carbonyl (C=O) groups is 2. The summed E-state index contributed by atoms with van der Waals surface area (Å²) in [5, 5.41) is 3.56. The third-order valence-corrected chi connectivity index (χ3v) is 5.29. The number of urea groups is 1. The molecule has 2 fully saturated rings. The number of benzene rings is 1. The highest BCUT2D eigenvalue weighted by Gasteiger charge is 2.25. The van der Waals surface area contributed by atoms with E-state index in [1.807, 2.05) is 12.1 Å². The van der Waals surface area contributed by atoms with E-state index < -0.39 is 0 Å². The predicted molar refractivity (Wildman–Crippen MR) is 107 cm³/mol. The quantitative estimate of drug-likeness (QED) is 0.850. The lowest BCUT2D eigenvalue weighted by molar-refractivity contribution is 0.0868. The number of anilines is 2. The Morgan fingerprint density at radius 3 is 2.33 bits per heavy atom. The molecule has 27 heavy (non-hydrogen) atoms. The topological polar surface area (TPSA) is 65.1 Å². The van der Waals surface area contributed by atoms with Crippen molar-refractivity contribution in [2.45, 2.75) is 26.2 Å². The van der Waals surface area contributed by atoms with Gasteiger partial charge in [-0.3, -0.25) is 0 Å². The van der Waals surface area contributed by atoms with Gasteiger partial charge in [-0.1, -0.05) is 11.6 Å². The Labute approximate surface area is 165 Å². The second-order valence-electron chi connectivity index (χ2n) is 6.82. The van der Waals surface area contributed by atoms with Crippen LogP contribution in [0.1, 0.15) is 26.2 Å². The first kappa shape index (κ1) is 19.6. The van der Waals surface area contributed by atoms with Crippen LogP contribution in [0.4, 0.5) is 21.0 Å². The number of nitrogens with zero attached hydrogens (tertiary/aromatic N) is 3. The lowest BCUT2D eigenvalue weighted by Crippen LogP contribution is -2.51. The molecule has 1 N–H and O–H groups in total. The Bertz CT molecular complexity index is 671. The molecule has 1 aromatic rings. The molecule has 0 saturated carbocycles. The molecule has 3 rings (SSSR count). The second kappa shape index (κ2) is 9.17. The van der Waals surface area contributed by atoms with Crippen molar-refractivity contribution in [3.05, 3.63) is 23.2 Å². The maximum absolute atomic E-state index is 12.5. The average molecular weight is 395 g/mol. The minimum Gasteiger partial charge on any atom is -0.450 e. The van der Waals surface area contributed by atoms with E-state index in [4.69, 9.17) is 16.3 Å². The summed E-state index contributed by atoms with van der Waals surface area (Å²) in [5.74, 6) is 0. The van der Waals surface area contributed by atoms with E-state index in [1.165, 1.54) is 19.3 Å². The maximum Gasteiger partial charge on any atom is 0.409 e. The molecule has 2 saturated heterocycles. The fourth-order valence-corrected chi connectivity index (χ4v) is 3.79. The molecule has 0 unspecified atom stereocenters. The number of carbonyl (C=O) groups excluding carboxylic acids is 2. The van der Waals surface area contributed by atoms with Gasteiger partial charge in [-0.05, 0) is 44.4 Å². The monoisotopic (exact) mass is 394 g/mol. The summed E-state index contributed by atoms with van der Waals surface area (Å²) < 4.78 is 5.00. The number of piperidine rings is 1. The number of nitrogens with one attached hydrogen (secondary N) is 1. The first-order valence-corrected chi connectivity index (χ1v) is 9.98. The van der Waals surface area contributed by atoms with Gasteiger partial charge in [0.25, 0.3) is 0 Å². The molecule has 2 heterocycles. The Morgan fingerprint density at radius 2 is 1.70 bits per heavy atom. The van der Waals surface area contributed by atoms with Crippen molar-refractivity contribution < 1.29 is 14.3 Å². The molecule has 2 aliphatic rings. The van der Waals surface area contributed by atoms with Crippen LogP contribution in [0.25, 0.3) is 0 Å². The van der Waals surface area contributed by atoms with Crippen LogP contribution in [-0.2, 0) is 4.74 Å². The van der Waals surface area contributed by atoms with E-state index in [2.05, 4.69) is 10.2 Å². The fourth-order valence-electron chi connectivity index (χ4n) is 3.49. The normalized spacial score (nSPS) is 17.6. The Morgan fingerprint density at radius 1 is 1.04 bits per heavy atom. The fraction of sp³-hybridized carbons (Fsp3) is 0.579. The van der Waals surface area contributed by atoms with Crippen molar-refractivity contribution >= 4 is 35.1 Å². The zero-order valence-electron chi connectivity index (χ0n) is 15.7. The summed E-state index contributed by atoms with van der Waals surface area (Å²) in [6.07, 6.45) is 3.32. The minimum atomic E-state index is -0.322. The average Bonchev–Trinajstić information content (AvgIpc) is 2.69. The number of rotatable bonds is 3. The van der Waals surface area contributed by atoms with Gasteiger partial charge in [0, 0.05) is 45.0 Å². The van der Waals surface area contributed by atoms with E-state index in [9.17, 15) is 9.59 Å². The third-order valence-electron chi connectivity index (χ3n) is 4.99. The van der Waals surface area contributed by atoms with Crippen LogP contribution in [-0.4, -0.2) is 67.8 Å². The van der Waals surface area contributed by atoms with Crippen LogP contribution in [0, 0.1) is 0 Å². The van der Waals surface area contributed by atoms with Crippen LogP contribution in [0.2, 0.25) is 5.02 Å². The molecule has 8 heteroatoms. The van der Waals surface area contributed by atoms with Gasteiger partial charge in [-0.2, -0.15) is 0 Å². The number of halogens is 1. The van der Waals surface area contributed by atoms with Crippen LogP contribution in [0.15, 0.2) is 18.2 Å². The molecular weight excluding hydrogens is 368 g/mol. The van der Waals surface area contributed by atoms with Gasteiger partial charge in [0.1, 0.15) is 0 Å². The zero-order chi connectivity index (χ0) is 19.2. The van der Waals surface area contributed by atoms with Crippen molar-refractivity contribution in [3.8, 4) is 0 Å². The van der Waals surface area contributed by atoms with Gasteiger partial charge in [-0.15, -0.1) is 0 Å². The number of hydrogen-bond acceptors (Lipinski definition) is 4. The summed E-state index contributed by atoms with van der Waals surface area (Å²) in [6.45, 7) is 6.08. The maximum atomic E-state index is 12.5. The Kier molecular flexibility index (Phi) is 6.66. The molecule has 2 aliphatic heterocycles. The molecule has 0 aromatic heterocycles. The van der Waals surface area contributed by atoms with E-state index in [0.29, 0.717) is 43.5 Å². The van der Waals surface area contributed by atoms with Gasteiger partial charge in [0.2, 0.25) is 0 Å². The third kappa shape index (κ3) is 4.97. The summed E-state index contributed by atoms with van der Waals surface area (Å²) >= 11 is 6.45. The predicted octanol–water partition coefficient (Wildman–Crippen LogP) is 3.64. The molecule has 0 radical (unpaired) electrons. The number of ether oxygens (including phenoxy) is 1. The van der Waals surface area contributed by atoms with Gasteiger partial charge in [0.05, 0.1) is 17.3 Å². The lowest BCUT2D eigenvalue weighted by Gasteiger charge is -2.34. The first-order chi connectivity index (χ1) is 13.1. The van der Waals surface area contributed by atoms with Crippen LogP contribution in [0.3, 0.4) is 0 Å². The number of hydrogen-bond donors (Lipinski definition) is 1. The van der Waals surface area contributed by atoms with E-state index >= 15 is 0 Å². The van der Waals surface area contributed by atoms with Crippen molar-refractivity contribution in [1.29, 1.82) is 0 Å². The van der Waals surface area contributed by atoms with E-state index in [-0.39, 0.29) is 12.1 Å². The molecular formula is C19H27ClN4O3.